The van der Waals surface area contributed by atoms with Crippen LogP contribution in [0.25, 0.3) is 0 Å². The molecule has 0 spiro atoms. The Bertz CT molecular complexity index is 1110. The van der Waals surface area contributed by atoms with Gasteiger partial charge in [0, 0.05) is 5.56 Å². The zero-order valence-corrected chi connectivity index (χ0v) is 17.3. The Morgan fingerprint density at radius 2 is 1.53 bits per heavy atom. The molecular weight excluding hydrogens is 410 g/mol. The molecule has 8 heteroatoms. The molecule has 0 bridgehead atoms. The maximum atomic E-state index is 12.2. The van der Waals surface area contributed by atoms with Gasteiger partial charge < -0.3 is 14.8 Å². The van der Waals surface area contributed by atoms with Gasteiger partial charge in [-0.1, -0.05) is 36.4 Å². The van der Waals surface area contributed by atoms with Gasteiger partial charge >= 0.3 is 5.97 Å². The average molecular weight is 431 g/mol. The van der Waals surface area contributed by atoms with Crippen LogP contribution in [0.4, 0.5) is 0 Å². The molecule has 0 radical (unpaired) electrons. The van der Waals surface area contributed by atoms with E-state index in [-0.39, 0.29) is 18.2 Å². The van der Waals surface area contributed by atoms with Crippen LogP contribution in [0.3, 0.4) is 0 Å². The predicted molar refractivity (Wildman–Crippen MR) is 119 cm³/mol. The van der Waals surface area contributed by atoms with E-state index in [4.69, 9.17) is 9.47 Å². The summed E-state index contributed by atoms with van der Waals surface area (Å²) in [6, 6.07) is 22.0. The summed E-state index contributed by atoms with van der Waals surface area (Å²) in [6.07, 6.45) is 1.40. The van der Waals surface area contributed by atoms with E-state index in [2.05, 4.69) is 15.8 Å². The molecule has 32 heavy (non-hydrogen) atoms. The number of carbonyl (C=O) groups excluding carboxylic acids is 3. The van der Waals surface area contributed by atoms with Gasteiger partial charge in [0.2, 0.25) is 0 Å². The number of ether oxygens (including phenoxy) is 2. The fraction of sp³-hybridized carbons (Fsp3) is 0.0833. The van der Waals surface area contributed by atoms with Crippen molar-refractivity contribution in [3.63, 3.8) is 0 Å². The minimum absolute atomic E-state index is 0.219. The van der Waals surface area contributed by atoms with Gasteiger partial charge in [-0.3, -0.25) is 9.59 Å². The van der Waals surface area contributed by atoms with E-state index in [1.165, 1.54) is 13.3 Å². The third-order valence-corrected chi connectivity index (χ3v) is 4.25. The van der Waals surface area contributed by atoms with Crippen molar-refractivity contribution in [2.45, 2.75) is 0 Å². The number of esters is 1. The molecule has 3 aromatic rings. The summed E-state index contributed by atoms with van der Waals surface area (Å²) in [7, 11) is 1.45. The summed E-state index contributed by atoms with van der Waals surface area (Å²) in [4.78, 5) is 36.0. The first-order valence-corrected chi connectivity index (χ1v) is 9.67. The number of hydrogen-bond donors (Lipinski definition) is 2. The fourth-order valence-electron chi connectivity index (χ4n) is 2.65. The van der Waals surface area contributed by atoms with E-state index in [1.54, 1.807) is 72.8 Å². The number of carbonyl (C=O) groups is 3. The number of rotatable bonds is 8. The van der Waals surface area contributed by atoms with E-state index in [0.29, 0.717) is 22.4 Å². The second kappa shape index (κ2) is 11.1. The molecule has 2 amide bonds. The van der Waals surface area contributed by atoms with Gasteiger partial charge in [-0.05, 0) is 48.0 Å². The summed E-state index contributed by atoms with van der Waals surface area (Å²) in [5.41, 5.74) is 3.82. The van der Waals surface area contributed by atoms with Gasteiger partial charge in [-0.2, -0.15) is 5.10 Å². The van der Waals surface area contributed by atoms with E-state index in [9.17, 15) is 14.4 Å². The van der Waals surface area contributed by atoms with E-state index in [1.807, 2.05) is 6.07 Å². The number of benzene rings is 3. The molecule has 0 aliphatic heterocycles. The van der Waals surface area contributed by atoms with E-state index < -0.39 is 11.9 Å². The maximum Gasteiger partial charge on any atom is 0.343 e. The molecule has 0 heterocycles. The largest absolute Gasteiger partial charge is 0.493 e. The molecular formula is C24H21N3O5. The number of methoxy groups -OCH3 is 1. The highest BCUT2D eigenvalue weighted by Gasteiger charge is 2.12. The summed E-state index contributed by atoms with van der Waals surface area (Å²) < 4.78 is 10.7. The third kappa shape index (κ3) is 6.27. The number of amides is 2. The number of nitrogens with zero attached hydrogens (tertiary/aromatic N) is 1. The third-order valence-electron chi connectivity index (χ3n) is 4.25. The molecule has 0 aromatic heterocycles. The molecule has 2 N–H and O–H groups in total. The van der Waals surface area contributed by atoms with Crippen molar-refractivity contribution in [2.75, 3.05) is 13.7 Å². The Hall–Kier alpha value is -4.46. The standard InChI is InChI=1S/C24H21N3O5/c1-31-21-14-17(12-13-20(21)32-24(30)19-10-6-3-7-11-19)15-26-27-22(28)16-25-23(29)18-8-4-2-5-9-18/h2-15H,16H2,1H3,(H,25,29)(H,27,28)/b26-15-. The second-order valence-electron chi connectivity index (χ2n) is 6.51. The predicted octanol–water partition coefficient (Wildman–Crippen LogP) is 2.79. The van der Waals surface area contributed by atoms with Crippen molar-refractivity contribution >= 4 is 24.0 Å². The normalized spacial score (nSPS) is 10.4. The number of hydrogen-bond acceptors (Lipinski definition) is 6. The van der Waals surface area contributed by atoms with E-state index >= 15 is 0 Å². The van der Waals surface area contributed by atoms with Crippen LogP contribution >= 0.6 is 0 Å². The molecule has 0 fully saturated rings. The van der Waals surface area contributed by atoms with Gasteiger partial charge in [0.1, 0.15) is 0 Å². The molecule has 0 saturated heterocycles. The lowest BCUT2D eigenvalue weighted by molar-refractivity contribution is -0.120. The van der Waals surface area contributed by atoms with Crippen LogP contribution in [-0.2, 0) is 4.79 Å². The van der Waals surface area contributed by atoms with Crippen LogP contribution in [-0.4, -0.2) is 37.7 Å². The molecule has 0 unspecified atom stereocenters. The highest BCUT2D eigenvalue weighted by molar-refractivity contribution is 5.96. The number of nitrogens with one attached hydrogen (secondary N) is 2. The Morgan fingerprint density at radius 3 is 2.19 bits per heavy atom. The van der Waals surface area contributed by atoms with Gasteiger partial charge in [0.15, 0.2) is 11.5 Å². The molecule has 3 aromatic carbocycles. The van der Waals surface area contributed by atoms with Crippen molar-refractivity contribution in [2.24, 2.45) is 5.10 Å². The van der Waals surface area contributed by atoms with Crippen LogP contribution in [0, 0.1) is 0 Å². The van der Waals surface area contributed by atoms with E-state index in [0.717, 1.165) is 0 Å². The quantitative estimate of drug-likeness (QED) is 0.247. The summed E-state index contributed by atoms with van der Waals surface area (Å²) in [6.45, 7) is -0.219. The minimum atomic E-state index is -0.505. The monoisotopic (exact) mass is 431 g/mol. The zero-order chi connectivity index (χ0) is 22.8. The summed E-state index contributed by atoms with van der Waals surface area (Å²) in [5, 5.41) is 6.38. The highest BCUT2D eigenvalue weighted by Crippen LogP contribution is 2.28. The van der Waals surface area contributed by atoms with Crippen molar-refractivity contribution in [1.82, 2.24) is 10.7 Å². The van der Waals surface area contributed by atoms with Crippen molar-refractivity contribution in [3.8, 4) is 11.5 Å². The SMILES string of the molecule is COc1cc(/C=N\NC(=O)CNC(=O)c2ccccc2)ccc1OC(=O)c1ccccc1. The Balaban J connectivity index is 1.53. The smallest absolute Gasteiger partial charge is 0.343 e. The first-order valence-electron chi connectivity index (χ1n) is 9.67. The first-order chi connectivity index (χ1) is 15.6. The van der Waals surface area contributed by atoms with Gasteiger partial charge in [0.05, 0.1) is 25.4 Å². The van der Waals surface area contributed by atoms with Gasteiger partial charge in [0.25, 0.3) is 11.8 Å². The maximum absolute atomic E-state index is 12.2. The van der Waals surface area contributed by atoms with Gasteiger partial charge in [-0.15, -0.1) is 0 Å². The minimum Gasteiger partial charge on any atom is -0.493 e. The van der Waals surface area contributed by atoms with Crippen molar-refractivity contribution < 1.29 is 23.9 Å². The molecule has 162 valence electrons. The Labute approximate surface area is 184 Å². The lowest BCUT2D eigenvalue weighted by atomic mass is 10.2. The molecule has 0 saturated carbocycles. The summed E-state index contributed by atoms with van der Waals surface area (Å²) >= 11 is 0. The van der Waals surface area contributed by atoms with Crippen molar-refractivity contribution in [3.05, 3.63) is 95.6 Å². The van der Waals surface area contributed by atoms with Crippen LogP contribution in [0.15, 0.2) is 84.0 Å². The fourth-order valence-corrected chi connectivity index (χ4v) is 2.65. The summed E-state index contributed by atoms with van der Waals surface area (Å²) in [5.74, 6) is -0.748. The molecule has 0 aliphatic rings. The highest BCUT2D eigenvalue weighted by atomic mass is 16.6. The van der Waals surface area contributed by atoms with Gasteiger partial charge in [-0.25, -0.2) is 10.2 Å². The lowest BCUT2D eigenvalue weighted by Gasteiger charge is -2.10. The lowest BCUT2D eigenvalue weighted by Crippen LogP contribution is -2.34. The number of hydrazone groups is 1. The van der Waals surface area contributed by atoms with Crippen LogP contribution in [0.1, 0.15) is 26.3 Å². The van der Waals surface area contributed by atoms with Crippen molar-refractivity contribution in [1.29, 1.82) is 0 Å². The average Bonchev–Trinajstić information content (AvgIpc) is 2.84. The first kappa shape index (κ1) is 22.2. The topological polar surface area (TPSA) is 106 Å². The zero-order valence-electron chi connectivity index (χ0n) is 17.3. The Morgan fingerprint density at radius 1 is 0.875 bits per heavy atom. The molecule has 0 atom stereocenters. The second-order valence-corrected chi connectivity index (χ2v) is 6.51. The molecule has 3 rings (SSSR count). The van der Waals surface area contributed by atoms with Crippen LogP contribution < -0.4 is 20.2 Å². The molecule has 0 aliphatic carbocycles. The van der Waals surface area contributed by atoms with Crippen LogP contribution in [0.5, 0.6) is 11.5 Å². The van der Waals surface area contributed by atoms with Crippen LogP contribution in [0.2, 0.25) is 0 Å². The Kier molecular flexibility index (Phi) is 7.69. The molecule has 8 nitrogen and oxygen atoms in total.